The molecule has 0 aromatic heterocycles. The van der Waals surface area contributed by atoms with Gasteiger partial charge in [-0.05, 0) is 25.8 Å². The van der Waals surface area contributed by atoms with E-state index in [1.165, 1.54) is 0 Å². The minimum absolute atomic E-state index is 0.0544. The summed E-state index contributed by atoms with van der Waals surface area (Å²) < 4.78 is 0. The van der Waals surface area contributed by atoms with Crippen molar-refractivity contribution in [2.45, 2.75) is 26.7 Å². The zero-order valence-corrected chi connectivity index (χ0v) is 10.5. The fourth-order valence-corrected chi connectivity index (χ4v) is 1.03. The molecule has 0 aliphatic rings. The van der Waals surface area contributed by atoms with Crippen LogP contribution in [-0.2, 0) is 4.79 Å². The molecule has 0 radical (unpaired) electrons. The summed E-state index contributed by atoms with van der Waals surface area (Å²) in [5.41, 5.74) is 11.6. The van der Waals surface area contributed by atoms with Crippen LogP contribution in [0, 0.1) is 0 Å². The first-order valence-electron chi connectivity index (χ1n) is 5.53. The lowest BCUT2D eigenvalue weighted by molar-refractivity contribution is -0.115. The fourth-order valence-electron chi connectivity index (χ4n) is 1.03. The number of ketones is 1. The second-order valence-electron chi connectivity index (χ2n) is 3.56. The van der Waals surface area contributed by atoms with Gasteiger partial charge in [-0.25, -0.2) is 0 Å². The van der Waals surface area contributed by atoms with Gasteiger partial charge in [0.15, 0.2) is 17.7 Å². The average molecular weight is 239 g/mol. The number of carbonyl (C=O) groups excluding carboxylic acids is 1. The molecule has 0 bridgehead atoms. The number of nitrogens with zero attached hydrogens (tertiary/aromatic N) is 2. The van der Waals surface area contributed by atoms with E-state index in [4.69, 9.17) is 11.5 Å². The Kier molecular flexibility index (Phi) is 7.41. The molecule has 5 N–H and O–H groups in total. The van der Waals surface area contributed by atoms with E-state index in [-0.39, 0.29) is 17.7 Å². The van der Waals surface area contributed by atoms with Gasteiger partial charge in [-0.2, -0.15) is 0 Å². The number of nitrogens with two attached hydrogens (primary N) is 2. The molecule has 0 spiro atoms. The van der Waals surface area contributed by atoms with E-state index in [2.05, 4.69) is 21.9 Å². The van der Waals surface area contributed by atoms with Crippen LogP contribution in [0.15, 0.2) is 22.1 Å². The van der Waals surface area contributed by atoms with Crippen molar-refractivity contribution in [3.8, 4) is 0 Å². The molecular weight excluding hydrogens is 218 g/mol. The van der Waals surface area contributed by atoms with Crippen LogP contribution in [0.4, 0.5) is 0 Å². The first-order chi connectivity index (χ1) is 7.97. The number of aliphatic imine (C=N–C) groups is 2. The van der Waals surface area contributed by atoms with Crippen molar-refractivity contribution in [3.05, 3.63) is 12.2 Å². The van der Waals surface area contributed by atoms with Gasteiger partial charge in [-0.3, -0.25) is 20.1 Å². The summed E-state index contributed by atoms with van der Waals surface area (Å²) in [6, 6.07) is 0. The maximum Gasteiger partial charge on any atom is 0.195 e. The number of allylic oxidation sites excluding steroid dienone is 1. The van der Waals surface area contributed by atoms with Crippen molar-refractivity contribution in [1.82, 2.24) is 5.32 Å². The molecule has 6 nitrogen and oxygen atoms in total. The first-order valence-corrected chi connectivity index (χ1v) is 5.53. The lowest BCUT2D eigenvalue weighted by atomic mass is 10.1. The second kappa shape index (κ2) is 8.32. The van der Waals surface area contributed by atoms with E-state index >= 15 is 0 Å². The third-order valence-corrected chi connectivity index (χ3v) is 1.90. The van der Waals surface area contributed by atoms with Gasteiger partial charge in [0.25, 0.3) is 0 Å². The third-order valence-electron chi connectivity index (χ3n) is 1.90. The predicted molar refractivity (Wildman–Crippen MR) is 70.8 cm³/mol. The van der Waals surface area contributed by atoms with Crippen LogP contribution in [0.1, 0.15) is 26.7 Å². The topological polar surface area (TPSA) is 106 Å². The minimum Gasteiger partial charge on any atom is -0.370 e. The summed E-state index contributed by atoms with van der Waals surface area (Å²) >= 11 is 0. The van der Waals surface area contributed by atoms with E-state index in [1.54, 1.807) is 6.92 Å². The molecule has 0 aromatic rings. The van der Waals surface area contributed by atoms with Crippen LogP contribution >= 0.6 is 0 Å². The number of rotatable bonds is 6. The molecule has 6 heteroatoms. The molecule has 0 fully saturated rings. The Morgan fingerprint density at radius 1 is 1.29 bits per heavy atom. The molecular formula is C11H21N5O. The van der Waals surface area contributed by atoms with Crippen LogP contribution in [0.5, 0.6) is 0 Å². The Hall–Kier alpha value is -1.85. The van der Waals surface area contributed by atoms with Gasteiger partial charge < -0.3 is 11.5 Å². The Labute approximate surface area is 102 Å². The maximum absolute atomic E-state index is 11.2. The molecule has 0 saturated carbocycles. The summed E-state index contributed by atoms with van der Waals surface area (Å²) in [6.07, 6.45) is 1.07. The molecule has 0 aromatic carbocycles. The summed E-state index contributed by atoms with van der Waals surface area (Å²) in [6.45, 7) is 8.19. The molecule has 0 rings (SSSR count). The number of hydrogen-bond acceptors (Lipinski definition) is 3. The number of Topliss-reactive ketones (excluding diaryl/α,β-unsaturated/α-hetero) is 1. The maximum atomic E-state index is 11.2. The van der Waals surface area contributed by atoms with Crippen LogP contribution in [-0.4, -0.2) is 30.8 Å². The average Bonchev–Trinajstić information content (AvgIpc) is 2.24. The molecule has 17 heavy (non-hydrogen) atoms. The summed E-state index contributed by atoms with van der Waals surface area (Å²) in [7, 11) is 0. The number of carbonyl (C=O) groups is 1. The molecule has 0 aliphatic heterocycles. The van der Waals surface area contributed by atoms with Gasteiger partial charge in [-0.15, -0.1) is 0 Å². The van der Waals surface area contributed by atoms with Gasteiger partial charge in [0.05, 0.1) is 0 Å². The van der Waals surface area contributed by atoms with Gasteiger partial charge in [0.2, 0.25) is 0 Å². The highest BCUT2D eigenvalue weighted by atomic mass is 16.1. The minimum atomic E-state index is 0.0544. The highest BCUT2D eigenvalue weighted by molar-refractivity contribution is 5.97. The van der Waals surface area contributed by atoms with Crippen molar-refractivity contribution >= 4 is 17.7 Å². The lowest BCUT2D eigenvalue weighted by Gasteiger charge is -2.04. The first kappa shape index (κ1) is 15.2. The van der Waals surface area contributed by atoms with Crippen molar-refractivity contribution in [2.24, 2.45) is 21.5 Å². The predicted octanol–water partition coefficient (Wildman–Crippen LogP) is 0.151. The molecule has 96 valence electrons. The molecule has 0 aliphatic carbocycles. The van der Waals surface area contributed by atoms with Crippen molar-refractivity contribution in [1.29, 1.82) is 0 Å². The Morgan fingerprint density at radius 3 is 2.41 bits per heavy atom. The van der Waals surface area contributed by atoms with Crippen molar-refractivity contribution in [3.63, 3.8) is 0 Å². The molecule has 0 atom stereocenters. The van der Waals surface area contributed by atoms with Gasteiger partial charge in [0, 0.05) is 19.5 Å². The highest BCUT2D eigenvalue weighted by Crippen LogP contribution is 1.98. The van der Waals surface area contributed by atoms with Gasteiger partial charge in [-0.1, -0.05) is 6.58 Å². The summed E-state index contributed by atoms with van der Waals surface area (Å²) in [5.74, 6) is 0.507. The SMILES string of the molecule is C=C(C)C(=O)CCCN=C(N)NC(N)=NCC. The summed E-state index contributed by atoms with van der Waals surface area (Å²) in [4.78, 5) is 19.1. The number of nitrogens with one attached hydrogen (secondary N) is 1. The number of hydrogen-bond donors (Lipinski definition) is 3. The highest BCUT2D eigenvalue weighted by Gasteiger charge is 2.01. The fraction of sp³-hybridized carbons (Fsp3) is 0.545. The Morgan fingerprint density at radius 2 is 1.88 bits per heavy atom. The van der Waals surface area contributed by atoms with E-state index in [1.807, 2.05) is 6.92 Å². The van der Waals surface area contributed by atoms with E-state index in [0.29, 0.717) is 31.5 Å². The van der Waals surface area contributed by atoms with E-state index in [9.17, 15) is 4.79 Å². The second-order valence-corrected chi connectivity index (χ2v) is 3.56. The zero-order chi connectivity index (χ0) is 13.3. The largest absolute Gasteiger partial charge is 0.370 e. The Bertz CT molecular complexity index is 333. The van der Waals surface area contributed by atoms with Crippen LogP contribution in [0.3, 0.4) is 0 Å². The normalized spacial score (nSPS) is 12.4. The van der Waals surface area contributed by atoms with Crippen LogP contribution < -0.4 is 16.8 Å². The summed E-state index contributed by atoms with van der Waals surface area (Å²) in [5, 5.41) is 2.64. The monoisotopic (exact) mass is 239 g/mol. The smallest absolute Gasteiger partial charge is 0.195 e. The molecule has 0 unspecified atom stereocenters. The van der Waals surface area contributed by atoms with Gasteiger partial charge in [0.1, 0.15) is 0 Å². The quantitative estimate of drug-likeness (QED) is 0.265. The third kappa shape index (κ3) is 8.01. The Balaban J connectivity index is 3.89. The van der Waals surface area contributed by atoms with Crippen molar-refractivity contribution < 1.29 is 4.79 Å². The lowest BCUT2D eigenvalue weighted by Crippen LogP contribution is -2.41. The van der Waals surface area contributed by atoms with Gasteiger partial charge >= 0.3 is 0 Å². The number of guanidine groups is 2. The standard InChI is InChI=1S/C11H21N5O/c1-4-14-10(12)16-11(13)15-7-5-6-9(17)8(2)3/h2,4-7H2,1,3H3,(H5,12,13,14,15,16). The zero-order valence-electron chi connectivity index (χ0n) is 10.5. The van der Waals surface area contributed by atoms with E-state index in [0.717, 1.165) is 0 Å². The molecule has 0 amide bonds. The van der Waals surface area contributed by atoms with Crippen LogP contribution in [0.25, 0.3) is 0 Å². The van der Waals surface area contributed by atoms with E-state index < -0.39 is 0 Å². The molecule has 0 saturated heterocycles. The van der Waals surface area contributed by atoms with Crippen LogP contribution in [0.2, 0.25) is 0 Å². The van der Waals surface area contributed by atoms with Crippen molar-refractivity contribution in [2.75, 3.05) is 13.1 Å². The molecule has 0 heterocycles.